The molecule has 0 saturated carbocycles. The van der Waals surface area contributed by atoms with E-state index < -0.39 is 12.6 Å². The molecule has 0 spiro atoms. The number of aromatic nitrogens is 2. The monoisotopic (exact) mass is 264 g/mol. The van der Waals surface area contributed by atoms with E-state index in [4.69, 9.17) is 5.73 Å². The molecule has 0 amide bonds. The molecule has 1 aromatic rings. The third kappa shape index (κ3) is 4.12. The lowest BCUT2D eigenvalue weighted by molar-refractivity contribution is -0.135. The molecule has 0 radical (unpaired) electrons. The number of nitrogens with zero attached hydrogens (tertiary/aromatic N) is 2. The molecule has 1 heterocycles. The van der Waals surface area contributed by atoms with Crippen LogP contribution in [0.3, 0.4) is 0 Å². The maximum absolute atomic E-state index is 11.9. The Balaban J connectivity index is 2.38. The van der Waals surface area contributed by atoms with Crippen LogP contribution in [-0.4, -0.2) is 22.5 Å². The van der Waals surface area contributed by atoms with Gasteiger partial charge >= 0.3 is 6.18 Å². The van der Waals surface area contributed by atoms with E-state index in [9.17, 15) is 13.2 Å². The summed E-state index contributed by atoms with van der Waals surface area (Å²) in [5.41, 5.74) is 7.25. The molecule has 1 aromatic heterocycles. The Morgan fingerprint density at radius 3 is 2.50 bits per heavy atom. The number of hydrogen-bond acceptors (Lipinski definition) is 3. The van der Waals surface area contributed by atoms with Gasteiger partial charge in [-0.2, -0.15) is 18.3 Å². The van der Waals surface area contributed by atoms with E-state index in [1.807, 2.05) is 6.92 Å². The highest BCUT2D eigenvalue weighted by Gasteiger charge is 2.25. The minimum Gasteiger partial charge on any atom is -0.394 e. The van der Waals surface area contributed by atoms with Gasteiger partial charge in [0.1, 0.15) is 5.82 Å². The van der Waals surface area contributed by atoms with E-state index in [-0.39, 0.29) is 6.42 Å². The standard InChI is InChI=1S/C11H19F3N4/c1-3-8-9(15)10(18(2)17-8)16-7-5-4-6-11(12,13)14/h16H,3-7,15H2,1-2H3. The molecule has 0 unspecified atom stereocenters. The number of unbranched alkanes of at least 4 members (excludes halogenated alkanes) is 1. The molecule has 7 heteroatoms. The molecule has 0 atom stereocenters. The summed E-state index contributed by atoms with van der Waals surface area (Å²) in [5.74, 6) is 0.679. The Hall–Kier alpha value is -1.40. The second-order valence-corrected chi connectivity index (χ2v) is 4.19. The third-order valence-corrected chi connectivity index (χ3v) is 2.67. The average molecular weight is 264 g/mol. The van der Waals surface area contributed by atoms with Crippen LogP contribution in [-0.2, 0) is 13.5 Å². The maximum Gasteiger partial charge on any atom is 0.389 e. The zero-order valence-electron chi connectivity index (χ0n) is 10.6. The molecule has 18 heavy (non-hydrogen) atoms. The summed E-state index contributed by atoms with van der Waals surface area (Å²) in [6.45, 7) is 2.41. The maximum atomic E-state index is 11.9. The van der Waals surface area contributed by atoms with Gasteiger partial charge in [0.2, 0.25) is 0 Å². The molecule has 0 bridgehead atoms. The van der Waals surface area contributed by atoms with Gasteiger partial charge in [0.15, 0.2) is 0 Å². The van der Waals surface area contributed by atoms with Crippen molar-refractivity contribution in [3.8, 4) is 0 Å². The first-order valence-corrected chi connectivity index (χ1v) is 5.97. The van der Waals surface area contributed by atoms with Gasteiger partial charge < -0.3 is 11.1 Å². The molecule has 0 aliphatic carbocycles. The lowest BCUT2D eigenvalue weighted by Gasteiger charge is -2.08. The number of nitrogens with one attached hydrogen (secondary N) is 1. The van der Waals surface area contributed by atoms with Gasteiger partial charge in [-0.1, -0.05) is 6.92 Å². The summed E-state index contributed by atoms with van der Waals surface area (Å²) >= 11 is 0. The number of alkyl halides is 3. The number of rotatable bonds is 6. The number of halogens is 3. The van der Waals surface area contributed by atoms with E-state index in [2.05, 4.69) is 10.4 Å². The molecule has 0 aliphatic heterocycles. The van der Waals surface area contributed by atoms with E-state index in [0.717, 1.165) is 12.1 Å². The van der Waals surface area contributed by atoms with Gasteiger partial charge in [0.05, 0.1) is 11.4 Å². The summed E-state index contributed by atoms with van der Waals surface area (Å²) in [5, 5.41) is 7.25. The van der Waals surface area contributed by atoms with Gasteiger partial charge in [0, 0.05) is 20.0 Å². The van der Waals surface area contributed by atoms with Crippen LogP contribution >= 0.6 is 0 Å². The molecular weight excluding hydrogens is 245 g/mol. The average Bonchev–Trinajstić information content (AvgIpc) is 2.53. The van der Waals surface area contributed by atoms with E-state index in [1.54, 1.807) is 11.7 Å². The summed E-state index contributed by atoms with van der Waals surface area (Å²) in [4.78, 5) is 0. The van der Waals surface area contributed by atoms with Crippen molar-refractivity contribution in [3.63, 3.8) is 0 Å². The van der Waals surface area contributed by atoms with E-state index in [0.29, 0.717) is 24.5 Å². The molecule has 0 aliphatic rings. The Labute approximate surface area is 104 Å². The first-order valence-electron chi connectivity index (χ1n) is 5.97. The van der Waals surface area contributed by atoms with Crippen molar-refractivity contribution in [3.05, 3.63) is 5.69 Å². The Morgan fingerprint density at radius 1 is 1.33 bits per heavy atom. The second-order valence-electron chi connectivity index (χ2n) is 4.19. The fraction of sp³-hybridized carbons (Fsp3) is 0.727. The van der Waals surface area contributed by atoms with Crippen LogP contribution in [0.1, 0.15) is 31.9 Å². The first-order chi connectivity index (χ1) is 8.35. The number of aryl methyl sites for hydroxylation is 2. The zero-order chi connectivity index (χ0) is 13.8. The second kappa shape index (κ2) is 5.97. The smallest absolute Gasteiger partial charge is 0.389 e. The molecular formula is C11H19F3N4. The fourth-order valence-corrected chi connectivity index (χ4v) is 1.72. The van der Waals surface area contributed by atoms with Crippen LogP contribution < -0.4 is 11.1 Å². The number of anilines is 2. The van der Waals surface area contributed by atoms with Crippen molar-refractivity contribution in [1.29, 1.82) is 0 Å². The molecule has 0 fully saturated rings. The van der Waals surface area contributed by atoms with Crippen molar-refractivity contribution in [1.82, 2.24) is 9.78 Å². The van der Waals surface area contributed by atoms with Crippen molar-refractivity contribution >= 4 is 11.5 Å². The van der Waals surface area contributed by atoms with Crippen LogP contribution in [0.2, 0.25) is 0 Å². The van der Waals surface area contributed by atoms with Gasteiger partial charge in [-0.05, 0) is 19.3 Å². The Bertz CT molecular complexity index is 384. The van der Waals surface area contributed by atoms with E-state index in [1.165, 1.54) is 0 Å². The van der Waals surface area contributed by atoms with Crippen LogP contribution in [0.5, 0.6) is 0 Å². The predicted molar refractivity (Wildman–Crippen MR) is 65.4 cm³/mol. The largest absolute Gasteiger partial charge is 0.394 e. The van der Waals surface area contributed by atoms with Crippen molar-refractivity contribution in [2.45, 2.75) is 38.8 Å². The van der Waals surface area contributed by atoms with Crippen LogP contribution in [0.25, 0.3) is 0 Å². The zero-order valence-corrected chi connectivity index (χ0v) is 10.6. The predicted octanol–water partition coefficient (Wildman–Crippen LogP) is 2.71. The molecule has 0 saturated heterocycles. The summed E-state index contributed by atoms with van der Waals surface area (Å²) in [6, 6.07) is 0. The van der Waals surface area contributed by atoms with Gasteiger partial charge in [0.25, 0.3) is 0 Å². The van der Waals surface area contributed by atoms with Gasteiger partial charge in [-0.25, -0.2) is 0 Å². The van der Waals surface area contributed by atoms with Gasteiger partial charge in [-0.15, -0.1) is 0 Å². The number of hydrogen-bond donors (Lipinski definition) is 2. The lowest BCUT2D eigenvalue weighted by atomic mass is 10.2. The number of nitrogen functional groups attached to an aromatic ring is 1. The summed E-state index contributed by atoms with van der Waals surface area (Å²) in [6.07, 6.45) is -3.51. The third-order valence-electron chi connectivity index (χ3n) is 2.67. The minimum atomic E-state index is -4.07. The van der Waals surface area contributed by atoms with Crippen LogP contribution in [0.4, 0.5) is 24.7 Å². The van der Waals surface area contributed by atoms with Crippen molar-refractivity contribution in [2.24, 2.45) is 7.05 Å². The molecule has 4 nitrogen and oxygen atoms in total. The lowest BCUT2D eigenvalue weighted by Crippen LogP contribution is -2.10. The Kier molecular flexibility index (Phi) is 4.86. The quantitative estimate of drug-likeness (QED) is 0.777. The topological polar surface area (TPSA) is 55.9 Å². The highest BCUT2D eigenvalue weighted by atomic mass is 19.4. The summed E-state index contributed by atoms with van der Waals surface area (Å²) < 4.78 is 37.4. The highest BCUT2D eigenvalue weighted by molar-refractivity contribution is 5.64. The number of nitrogens with two attached hydrogens (primary N) is 1. The first kappa shape index (κ1) is 14.7. The van der Waals surface area contributed by atoms with Crippen molar-refractivity contribution in [2.75, 3.05) is 17.6 Å². The summed E-state index contributed by atoms with van der Waals surface area (Å²) in [7, 11) is 1.76. The normalized spacial score (nSPS) is 11.8. The highest BCUT2D eigenvalue weighted by Crippen LogP contribution is 2.24. The Morgan fingerprint density at radius 2 is 2.00 bits per heavy atom. The molecule has 1 rings (SSSR count). The van der Waals surface area contributed by atoms with Gasteiger partial charge in [-0.3, -0.25) is 4.68 Å². The molecule has 3 N–H and O–H groups in total. The van der Waals surface area contributed by atoms with E-state index >= 15 is 0 Å². The minimum absolute atomic E-state index is 0.120. The SMILES string of the molecule is CCc1nn(C)c(NCCCCC(F)(F)F)c1N. The molecule has 0 aromatic carbocycles. The van der Waals surface area contributed by atoms with Crippen LogP contribution in [0, 0.1) is 0 Å². The fourth-order valence-electron chi connectivity index (χ4n) is 1.72. The van der Waals surface area contributed by atoms with Crippen LogP contribution in [0.15, 0.2) is 0 Å². The van der Waals surface area contributed by atoms with Crippen molar-refractivity contribution < 1.29 is 13.2 Å². The molecule has 104 valence electrons.